The first-order valence-electron chi connectivity index (χ1n) is 11.7. The lowest BCUT2D eigenvalue weighted by Gasteiger charge is -2.37. The molecule has 0 aliphatic carbocycles. The summed E-state index contributed by atoms with van der Waals surface area (Å²) in [6, 6.07) is 16.2. The molecule has 4 atom stereocenters. The van der Waals surface area contributed by atoms with Crippen LogP contribution < -0.4 is 10.2 Å². The summed E-state index contributed by atoms with van der Waals surface area (Å²) in [5.74, 6) is -2.33. The van der Waals surface area contributed by atoms with Crippen LogP contribution in [0.3, 0.4) is 0 Å². The monoisotopic (exact) mass is 513 g/mol. The van der Waals surface area contributed by atoms with Crippen LogP contribution in [0, 0.1) is 16.0 Å². The van der Waals surface area contributed by atoms with Crippen molar-refractivity contribution >= 4 is 52.2 Å². The van der Waals surface area contributed by atoms with E-state index in [1.807, 2.05) is 17.1 Å². The van der Waals surface area contributed by atoms with Gasteiger partial charge in [-0.1, -0.05) is 54.1 Å². The van der Waals surface area contributed by atoms with Crippen molar-refractivity contribution in [3.05, 3.63) is 105 Å². The van der Waals surface area contributed by atoms with Gasteiger partial charge in [0.25, 0.3) is 5.69 Å². The highest BCUT2D eigenvalue weighted by Crippen LogP contribution is 2.57. The van der Waals surface area contributed by atoms with Gasteiger partial charge in [-0.05, 0) is 42.3 Å². The van der Waals surface area contributed by atoms with Gasteiger partial charge >= 0.3 is 0 Å². The molecule has 8 nitrogen and oxygen atoms in total. The third kappa shape index (κ3) is 3.12. The van der Waals surface area contributed by atoms with Crippen LogP contribution in [0.1, 0.15) is 28.4 Å². The second kappa shape index (κ2) is 8.11. The number of nitrogens with one attached hydrogen (secondary N) is 1. The van der Waals surface area contributed by atoms with E-state index in [0.717, 1.165) is 5.56 Å². The number of ketones is 2. The number of nitro benzene ring substituents is 1. The van der Waals surface area contributed by atoms with E-state index in [9.17, 15) is 24.5 Å². The lowest BCUT2D eigenvalue weighted by Crippen LogP contribution is -2.51. The molecule has 1 amide bonds. The van der Waals surface area contributed by atoms with Gasteiger partial charge < -0.3 is 10.2 Å². The minimum atomic E-state index is -1.44. The number of anilines is 2. The SMILES string of the molecule is CC(=O)[C@@H]1[C@H](C(=O)c2cccc([N+](=O)[O-])c2)[C@]2(C(=O)Nc3ccccc32)[C@@H]2C=Cc3cc(Cl)ccc3N12. The Labute approximate surface area is 216 Å². The molecule has 3 heterocycles. The first kappa shape index (κ1) is 23.1. The molecule has 0 aromatic heterocycles. The molecule has 0 bridgehead atoms. The summed E-state index contributed by atoms with van der Waals surface area (Å²) in [4.78, 5) is 54.4. The topological polar surface area (TPSA) is 110 Å². The number of fused-ring (bicyclic) bond motifs is 6. The molecule has 37 heavy (non-hydrogen) atoms. The maximum Gasteiger partial charge on any atom is 0.270 e. The quantitative estimate of drug-likeness (QED) is 0.304. The van der Waals surface area contributed by atoms with Crippen LogP contribution >= 0.6 is 11.6 Å². The highest BCUT2D eigenvalue weighted by Gasteiger charge is 2.69. The minimum absolute atomic E-state index is 0.0714. The number of benzene rings is 3. The predicted octanol–water partition coefficient (Wildman–Crippen LogP) is 4.81. The van der Waals surface area contributed by atoms with Gasteiger partial charge in [-0.15, -0.1) is 0 Å². The van der Waals surface area contributed by atoms with E-state index in [2.05, 4.69) is 5.32 Å². The summed E-state index contributed by atoms with van der Waals surface area (Å²) in [5, 5.41) is 14.9. The molecule has 6 rings (SSSR count). The van der Waals surface area contributed by atoms with E-state index in [1.54, 1.807) is 42.5 Å². The highest BCUT2D eigenvalue weighted by atomic mass is 35.5. The van der Waals surface area contributed by atoms with Gasteiger partial charge in [0.15, 0.2) is 11.6 Å². The number of nitro groups is 1. The Morgan fingerprint density at radius 3 is 2.62 bits per heavy atom. The number of nitrogens with zero attached hydrogens (tertiary/aromatic N) is 2. The fraction of sp³-hybridized carbons (Fsp3) is 0.179. The number of hydrogen-bond donors (Lipinski definition) is 1. The average Bonchev–Trinajstić information content (AvgIpc) is 3.36. The van der Waals surface area contributed by atoms with E-state index in [1.165, 1.54) is 31.2 Å². The molecular weight excluding hydrogens is 494 g/mol. The molecule has 1 spiro atoms. The lowest BCUT2D eigenvalue weighted by atomic mass is 9.64. The Hall–Kier alpha value is -4.30. The molecule has 3 aliphatic heterocycles. The number of hydrogen-bond acceptors (Lipinski definition) is 6. The number of carbonyl (C=O) groups excluding carboxylic acids is 3. The first-order valence-corrected chi connectivity index (χ1v) is 12.1. The molecule has 1 fully saturated rings. The van der Waals surface area contributed by atoms with Crippen molar-refractivity contribution in [3.8, 4) is 0 Å². The zero-order chi connectivity index (χ0) is 26.1. The van der Waals surface area contributed by atoms with Crippen LogP contribution in [0.4, 0.5) is 17.1 Å². The molecule has 0 unspecified atom stereocenters. The number of para-hydroxylation sites is 1. The fourth-order valence-corrected chi connectivity index (χ4v) is 6.44. The van der Waals surface area contributed by atoms with Crippen molar-refractivity contribution in [2.45, 2.75) is 24.4 Å². The number of carbonyl (C=O) groups is 3. The van der Waals surface area contributed by atoms with Gasteiger partial charge in [0.2, 0.25) is 5.91 Å². The molecule has 9 heteroatoms. The Balaban J connectivity index is 1.64. The van der Waals surface area contributed by atoms with Crippen LogP contribution in [0.2, 0.25) is 5.02 Å². The molecule has 1 saturated heterocycles. The molecule has 3 aromatic rings. The molecule has 3 aromatic carbocycles. The summed E-state index contributed by atoms with van der Waals surface area (Å²) in [6.45, 7) is 1.40. The number of halogens is 1. The summed E-state index contributed by atoms with van der Waals surface area (Å²) < 4.78 is 0. The summed E-state index contributed by atoms with van der Waals surface area (Å²) >= 11 is 6.24. The Bertz CT molecular complexity index is 1570. The second-order valence-corrected chi connectivity index (χ2v) is 9.92. The van der Waals surface area contributed by atoms with E-state index in [4.69, 9.17) is 11.6 Å². The number of Topliss-reactive ketones (excluding diaryl/α,β-unsaturated/α-hetero) is 2. The van der Waals surface area contributed by atoms with Crippen LogP contribution in [0.5, 0.6) is 0 Å². The van der Waals surface area contributed by atoms with Crippen LogP contribution in [0.15, 0.2) is 72.8 Å². The standard InChI is InChI=1S/C28H20ClN3O5/c1-15(33)25-24(26(34)17-5-4-6-19(14-17)32(36)37)28(20-7-2-3-8-21(20)30-27(28)35)23-12-9-16-13-18(29)10-11-22(16)31(23)25/h2-14,23-25H,1H3,(H,30,35)/t23-,24+,25+,28+/m0/s1. The van der Waals surface area contributed by atoms with Crippen molar-refractivity contribution in [1.82, 2.24) is 0 Å². The number of non-ortho nitro benzene ring substituents is 1. The maximum absolute atomic E-state index is 14.3. The van der Waals surface area contributed by atoms with E-state index >= 15 is 0 Å². The maximum atomic E-state index is 14.3. The van der Waals surface area contributed by atoms with Gasteiger partial charge in [-0.3, -0.25) is 24.5 Å². The molecule has 0 saturated carbocycles. The van der Waals surface area contributed by atoms with Crippen molar-refractivity contribution in [3.63, 3.8) is 0 Å². The number of amides is 1. The summed E-state index contributed by atoms with van der Waals surface area (Å²) in [6.07, 6.45) is 3.70. The minimum Gasteiger partial charge on any atom is -0.352 e. The third-order valence-electron chi connectivity index (χ3n) is 7.64. The summed E-state index contributed by atoms with van der Waals surface area (Å²) in [7, 11) is 0. The first-order chi connectivity index (χ1) is 17.7. The fourth-order valence-electron chi connectivity index (χ4n) is 6.26. The molecule has 0 radical (unpaired) electrons. The van der Waals surface area contributed by atoms with Gasteiger partial charge in [0.1, 0.15) is 5.41 Å². The summed E-state index contributed by atoms with van der Waals surface area (Å²) in [5.41, 5.74) is 1.02. The normalized spacial score (nSPS) is 24.9. The van der Waals surface area contributed by atoms with E-state index in [0.29, 0.717) is 22.0 Å². The number of rotatable bonds is 4. The van der Waals surface area contributed by atoms with Crippen LogP contribution in [-0.4, -0.2) is 34.5 Å². The molecule has 1 N–H and O–H groups in total. The zero-order valence-electron chi connectivity index (χ0n) is 19.6. The highest BCUT2D eigenvalue weighted by molar-refractivity contribution is 6.31. The lowest BCUT2D eigenvalue weighted by molar-refractivity contribution is -0.384. The Kier molecular flexibility index (Phi) is 5.07. The Morgan fingerprint density at radius 2 is 1.86 bits per heavy atom. The van der Waals surface area contributed by atoms with Crippen LogP contribution in [-0.2, 0) is 15.0 Å². The smallest absolute Gasteiger partial charge is 0.270 e. The molecular formula is C28H20ClN3O5. The zero-order valence-corrected chi connectivity index (χ0v) is 20.3. The van der Waals surface area contributed by atoms with Crippen molar-refractivity contribution < 1.29 is 19.3 Å². The van der Waals surface area contributed by atoms with Crippen LogP contribution in [0.25, 0.3) is 6.08 Å². The van der Waals surface area contributed by atoms with E-state index in [-0.39, 0.29) is 17.0 Å². The second-order valence-electron chi connectivity index (χ2n) is 9.49. The van der Waals surface area contributed by atoms with E-state index < -0.39 is 40.0 Å². The van der Waals surface area contributed by atoms with Gasteiger partial charge in [-0.25, -0.2) is 0 Å². The molecule has 3 aliphatic rings. The van der Waals surface area contributed by atoms with Gasteiger partial charge in [-0.2, -0.15) is 0 Å². The van der Waals surface area contributed by atoms with Crippen molar-refractivity contribution in [2.75, 3.05) is 10.2 Å². The third-order valence-corrected chi connectivity index (χ3v) is 7.87. The average molecular weight is 514 g/mol. The largest absolute Gasteiger partial charge is 0.352 e. The van der Waals surface area contributed by atoms with Crippen molar-refractivity contribution in [2.24, 2.45) is 5.92 Å². The van der Waals surface area contributed by atoms with Gasteiger partial charge in [0.05, 0.1) is 22.9 Å². The molecule has 184 valence electrons. The predicted molar refractivity (Wildman–Crippen MR) is 139 cm³/mol. The van der Waals surface area contributed by atoms with Crippen molar-refractivity contribution in [1.29, 1.82) is 0 Å². The van der Waals surface area contributed by atoms with Gasteiger partial charge in [0, 0.05) is 34.1 Å². The Morgan fingerprint density at radius 1 is 1.08 bits per heavy atom.